The molecule has 4 aromatic rings. The Balaban J connectivity index is 2.23. The Morgan fingerprint density at radius 1 is 0.657 bits per heavy atom. The zero-order valence-corrected chi connectivity index (χ0v) is 23.7. The summed E-state index contributed by atoms with van der Waals surface area (Å²) in [5, 5.41) is 0.177. The van der Waals surface area contributed by atoms with E-state index in [4.69, 9.17) is 4.98 Å². The summed E-state index contributed by atoms with van der Waals surface area (Å²) >= 11 is 0. The third-order valence-corrected chi connectivity index (χ3v) is 9.74. The van der Waals surface area contributed by atoms with Crippen molar-refractivity contribution in [3.63, 3.8) is 0 Å². The molecule has 0 N–H and O–H groups in total. The first-order valence-electron chi connectivity index (χ1n) is 12.5. The van der Waals surface area contributed by atoms with Gasteiger partial charge in [0.2, 0.25) is 0 Å². The van der Waals surface area contributed by atoms with E-state index in [1.165, 1.54) is 39.2 Å². The molecule has 0 saturated carbocycles. The van der Waals surface area contributed by atoms with Gasteiger partial charge in [-0.3, -0.25) is 4.57 Å². The third-order valence-electron chi connectivity index (χ3n) is 6.35. The van der Waals surface area contributed by atoms with Gasteiger partial charge in [-0.1, -0.05) is 120 Å². The van der Waals surface area contributed by atoms with Gasteiger partial charge < -0.3 is 0 Å². The molecule has 0 amide bonds. The fourth-order valence-corrected chi connectivity index (χ4v) is 9.37. The maximum absolute atomic E-state index is 5.56. The monoisotopic (exact) mass is 482 g/mol. The molecule has 35 heavy (non-hydrogen) atoms. The molecule has 0 aliphatic heterocycles. The summed E-state index contributed by atoms with van der Waals surface area (Å²) < 4.78 is 2.52. The smallest absolute Gasteiger partial charge is 0.138 e. The molecule has 1 heterocycles. The van der Waals surface area contributed by atoms with Gasteiger partial charge in [-0.25, -0.2) is 4.98 Å². The number of aromatic nitrogens is 2. The fourth-order valence-electron chi connectivity index (χ4n) is 5.56. The van der Waals surface area contributed by atoms with Crippen LogP contribution in [0.5, 0.6) is 0 Å². The molecule has 182 valence electrons. The summed E-state index contributed by atoms with van der Waals surface area (Å²) in [6.07, 6.45) is 0. The molecule has 0 aliphatic carbocycles. The second kappa shape index (κ2) is 9.40. The molecule has 3 aromatic carbocycles. The lowest BCUT2D eigenvalue weighted by Crippen LogP contribution is -2.35. The van der Waals surface area contributed by atoms with Gasteiger partial charge in [-0.15, -0.1) is 0 Å². The summed E-state index contributed by atoms with van der Waals surface area (Å²) in [6, 6.07) is 26.1. The minimum absolute atomic E-state index is 0.0884. The topological polar surface area (TPSA) is 17.8 Å². The lowest BCUT2D eigenvalue weighted by Gasteiger charge is -2.41. The van der Waals surface area contributed by atoms with E-state index in [9.17, 15) is 0 Å². The standard InChI is InChI=1S/C32H39N2P/c1-22-20-23(2)28(24(3)21-22)34-29(26-18-14-11-15-19-26)27(25-16-12-10-13-17-25)33-30(34)35(31(4,5)6)32(7,8)9/h10-21H,1-9H3. The van der Waals surface area contributed by atoms with Crippen molar-refractivity contribution in [3.8, 4) is 28.2 Å². The van der Waals surface area contributed by atoms with Gasteiger partial charge in [0.05, 0.1) is 17.1 Å². The number of benzene rings is 3. The number of aryl methyl sites for hydroxylation is 3. The van der Waals surface area contributed by atoms with Crippen LogP contribution >= 0.6 is 7.92 Å². The Morgan fingerprint density at radius 2 is 1.11 bits per heavy atom. The predicted octanol–water partition coefficient (Wildman–Crippen LogP) is 8.84. The van der Waals surface area contributed by atoms with Gasteiger partial charge in [0, 0.05) is 11.1 Å². The van der Waals surface area contributed by atoms with Gasteiger partial charge >= 0.3 is 0 Å². The van der Waals surface area contributed by atoms with E-state index in [1.54, 1.807) is 0 Å². The number of imidazole rings is 1. The maximum atomic E-state index is 5.56. The average molecular weight is 483 g/mol. The van der Waals surface area contributed by atoms with Gasteiger partial charge in [0.1, 0.15) is 5.57 Å². The number of hydrogen-bond acceptors (Lipinski definition) is 1. The summed E-state index contributed by atoms with van der Waals surface area (Å²) in [5.41, 5.74) is 10.9. The van der Waals surface area contributed by atoms with Crippen LogP contribution in [0.1, 0.15) is 58.2 Å². The van der Waals surface area contributed by atoms with E-state index < -0.39 is 7.92 Å². The van der Waals surface area contributed by atoms with Crippen molar-refractivity contribution >= 4 is 13.5 Å². The maximum Gasteiger partial charge on any atom is 0.138 e. The molecule has 0 unspecified atom stereocenters. The Bertz CT molecular complexity index is 1280. The minimum atomic E-state index is -0.639. The molecule has 2 nitrogen and oxygen atoms in total. The molecular weight excluding hydrogens is 443 g/mol. The van der Waals surface area contributed by atoms with Crippen molar-refractivity contribution in [1.29, 1.82) is 0 Å². The first-order valence-corrected chi connectivity index (χ1v) is 13.9. The van der Waals surface area contributed by atoms with Gasteiger partial charge in [0.25, 0.3) is 0 Å². The van der Waals surface area contributed by atoms with Crippen LogP contribution in [0.25, 0.3) is 28.2 Å². The predicted molar refractivity (Wildman–Crippen MR) is 155 cm³/mol. The lowest BCUT2D eigenvalue weighted by molar-refractivity contribution is 0.711. The molecule has 1 aromatic heterocycles. The molecule has 0 spiro atoms. The van der Waals surface area contributed by atoms with E-state index >= 15 is 0 Å². The van der Waals surface area contributed by atoms with E-state index in [0.29, 0.717) is 0 Å². The lowest BCUT2D eigenvalue weighted by atomic mass is 10.0. The van der Waals surface area contributed by atoms with Crippen molar-refractivity contribution in [2.24, 2.45) is 0 Å². The highest BCUT2D eigenvalue weighted by molar-refractivity contribution is 7.68. The third kappa shape index (κ3) is 5.00. The first-order chi connectivity index (χ1) is 16.4. The van der Waals surface area contributed by atoms with Crippen molar-refractivity contribution in [2.45, 2.75) is 72.6 Å². The molecule has 0 fully saturated rings. The van der Waals surface area contributed by atoms with Crippen molar-refractivity contribution in [1.82, 2.24) is 9.55 Å². The zero-order chi connectivity index (χ0) is 25.5. The van der Waals surface area contributed by atoms with E-state index in [2.05, 4.69) is 140 Å². The van der Waals surface area contributed by atoms with Gasteiger partial charge in [-0.2, -0.15) is 0 Å². The number of nitrogens with zero attached hydrogens (tertiary/aromatic N) is 2. The number of hydrogen-bond donors (Lipinski definition) is 0. The van der Waals surface area contributed by atoms with Gasteiger partial charge in [-0.05, 0) is 50.1 Å². The molecule has 4 rings (SSSR count). The van der Waals surface area contributed by atoms with Crippen LogP contribution < -0.4 is 5.57 Å². The minimum Gasteiger partial charge on any atom is -0.291 e. The zero-order valence-electron chi connectivity index (χ0n) is 22.8. The Hall–Kier alpha value is -2.70. The molecule has 0 saturated heterocycles. The SMILES string of the molecule is Cc1cc(C)c(-n2c(P(C(C)(C)C)C(C)(C)C)nc(-c3ccccc3)c2-c2ccccc2)c(C)c1. The Morgan fingerprint density at radius 3 is 1.57 bits per heavy atom. The van der Waals surface area contributed by atoms with E-state index in [0.717, 1.165) is 11.3 Å². The van der Waals surface area contributed by atoms with Gasteiger partial charge in [0.15, 0.2) is 0 Å². The van der Waals surface area contributed by atoms with Crippen LogP contribution in [0.4, 0.5) is 0 Å². The Kier molecular flexibility index (Phi) is 6.82. The molecular formula is C32H39N2P. The highest BCUT2D eigenvalue weighted by atomic mass is 31.1. The summed E-state index contributed by atoms with van der Waals surface area (Å²) in [6.45, 7) is 20.9. The second-order valence-electron chi connectivity index (χ2n) is 11.6. The normalized spacial score (nSPS) is 12.4. The molecule has 0 bridgehead atoms. The summed E-state index contributed by atoms with van der Waals surface area (Å²) in [5.74, 6) is 0. The van der Waals surface area contributed by atoms with Crippen molar-refractivity contribution in [3.05, 3.63) is 89.5 Å². The van der Waals surface area contributed by atoms with E-state index in [1.807, 2.05) is 0 Å². The molecule has 0 radical (unpaired) electrons. The molecule has 0 aliphatic rings. The van der Waals surface area contributed by atoms with E-state index in [-0.39, 0.29) is 10.3 Å². The summed E-state index contributed by atoms with van der Waals surface area (Å²) in [7, 11) is -0.639. The van der Waals surface area contributed by atoms with Crippen molar-refractivity contribution in [2.75, 3.05) is 0 Å². The average Bonchev–Trinajstić information content (AvgIpc) is 3.11. The molecule has 3 heteroatoms. The van der Waals surface area contributed by atoms with Crippen LogP contribution in [0.15, 0.2) is 72.8 Å². The first kappa shape index (κ1) is 25.4. The summed E-state index contributed by atoms with van der Waals surface area (Å²) in [4.78, 5) is 5.56. The van der Waals surface area contributed by atoms with Crippen molar-refractivity contribution < 1.29 is 0 Å². The second-order valence-corrected chi connectivity index (χ2v) is 15.4. The fraction of sp³-hybridized carbons (Fsp3) is 0.344. The van der Waals surface area contributed by atoms with Crippen LogP contribution in [0, 0.1) is 20.8 Å². The number of rotatable bonds is 4. The quantitative estimate of drug-likeness (QED) is 0.266. The van der Waals surface area contributed by atoms with Crippen LogP contribution in [-0.4, -0.2) is 19.9 Å². The highest BCUT2D eigenvalue weighted by Crippen LogP contribution is 2.59. The largest absolute Gasteiger partial charge is 0.291 e. The van der Waals surface area contributed by atoms with Crippen LogP contribution in [0.2, 0.25) is 0 Å². The van der Waals surface area contributed by atoms with Crippen LogP contribution in [-0.2, 0) is 0 Å². The molecule has 0 atom stereocenters. The highest BCUT2D eigenvalue weighted by Gasteiger charge is 2.41. The Labute approximate surface area is 213 Å². The van der Waals surface area contributed by atoms with Crippen LogP contribution in [0.3, 0.4) is 0 Å².